The summed E-state index contributed by atoms with van der Waals surface area (Å²) in [7, 11) is 0. The van der Waals surface area contributed by atoms with E-state index in [1.54, 1.807) is 6.92 Å². The van der Waals surface area contributed by atoms with Crippen molar-refractivity contribution in [2.24, 2.45) is 0 Å². The molecule has 0 N–H and O–H groups in total. The molecule has 0 radical (unpaired) electrons. The van der Waals surface area contributed by atoms with E-state index in [0.717, 1.165) is 0 Å². The molecule has 0 aliphatic rings. The van der Waals surface area contributed by atoms with Crippen molar-refractivity contribution in [3.05, 3.63) is 12.8 Å². The van der Waals surface area contributed by atoms with E-state index in [1.165, 1.54) is 18.1 Å². The van der Waals surface area contributed by atoms with E-state index in [4.69, 9.17) is 10.00 Å². The Hall–Kier alpha value is -1.50. The van der Waals surface area contributed by atoms with Crippen molar-refractivity contribution in [2.75, 3.05) is 13.2 Å². The summed E-state index contributed by atoms with van der Waals surface area (Å²) in [4.78, 5) is 12.5. The largest absolute Gasteiger partial charge is 0.500 e. The van der Waals surface area contributed by atoms with Crippen molar-refractivity contribution in [2.45, 2.75) is 19.9 Å². The molecule has 13 heavy (non-hydrogen) atoms. The van der Waals surface area contributed by atoms with Gasteiger partial charge in [0, 0.05) is 6.92 Å². The van der Waals surface area contributed by atoms with E-state index in [9.17, 15) is 4.79 Å². The van der Waals surface area contributed by atoms with Gasteiger partial charge in [0.05, 0.1) is 18.9 Å². The first kappa shape index (κ1) is 11.5. The zero-order chi connectivity index (χ0) is 10.3. The van der Waals surface area contributed by atoms with Gasteiger partial charge in [-0.25, -0.2) is 0 Å². The minimum Gasteiger partial charge on any atom is -0.500 e. The van der Waals surface area contributed by atoms with Crippen LogP contribution in [0.25, 0.3) is 0 Å². The molecule has 0 rings (SSSR count). The maximum Gasteiger partial charge on any atom is 0.220 e. The van der Waals surface area contributed by atoms with Gasteiger partial charge in [-0.3, -0.25) is 4.79 Å². The van der Waals surface area contributed by atoms with Crippen LogP contribution in [0.4, 0.5) is 0 Å². The lowest BCUT2D eigenvalue weighted by Crippen LogP contribution is -2.38. The molecule has 1 unspecified atom stereocenters. The Morgan fingerprint density at radius 3 is 2.85 bits per heavy atom. The average Bonchev–Trinajstić information content (AvgIpc) is 2.11. The quantitative estimate of drug-likeness (QED) is 0.469. The molecule has 0 aliphatic heterocycles. The van der Waals surface area contributed by atoms with Crippen molar-refractivity contribution >= 4 is 5.91 Å². The first-order chi connectivity index (χ1) is 6.13. The minimum absolute atomic E-state index is 0.123. The Balaban J connectivity index is 4.04. The Morgan fingerprint density at radius 1 is 1.85 bits per heavy atom. The molecule has 0 saturated heterocycles. The topological polar surface area (TPSA) is 53.3 Å². The fraction of sp³-hybridized carbons (Fsp3) is 0.556. The van der Waals surface area contributed by atoms with Crippen LogP contribution in [0.15, 0.2) is 12.8 Å². The summed E-state index contributed by atoms with van der Waals surface area (Å²) < 4.78 is 4.87. The van der Waals surface area contributed by atoms with Crippen LogP contribution in [0, 0.1) is 11.3 Å². The zero-order valence-corrected chi connectivity index (χ0v) is 7.99. The van der Waals surface area contributed by atoms with Crippen molar-refractivity contribution in [3.8, 4) is 6.07 Å². The summed E-state index contributed by atoms with van der Waals surface area (Å²) in [6.07, 6.45) is 1.31. The second kappa shape index (κ2) is 6.06. The van der Waals surface area contributed by atoms with Gasteiger partial charge in [-0.2, -0.15) is 5.26 Å². The molecule has 0 spiro atoms. The summed E-state index contributed by atoms with van der Waals surface area (Å²) in [5.41, 5.74) is 0. The van der Waals surface area contributed by atoms with Crippen LogP contribution in [0.2, 0.25) is 0 Å². The lowest BCUT2D eigenvalue weighted by molar-refractivity contribution is -0.130. The second-order valence-electron chi connectivity index (χ2n) is 2.55. The predicted octanol–water partition coefficient (Wildman–Crippen LogP) is 0.907. The molecule has 4 nitrogen and oxygen atoms in total. The maximum atomic E-state index is 11.0. The molecule has 0 aliphatic carbocycles. The number of amides is 1. The highest BCUT2D eigenvalue weighted by atomic mass is 16.5. The molecule has 0 aromatic carbocycles. The number of carbonyl (C=O) groups is 1. The highest BCUT2D eigenvalue weighted by Gasteiger charge is 2.14. The van der Waals surface area contributed by atoms with E-state index in [1.807, 2.05) is 6.07 Å². The normalized spacial score (nSPS) is 11.2. The van der Waals surface area contributed by atoms with E-state index >= 15 is 0 Å². The highest BCUT2D eigenvalue weighted by Crippen LogP contribution is 1.98. The molecule has 72 valence electrons. The van der Waals surface area contributed by atoms with Crippen molar-refractivity contribution in [1.82, 2.24) is 4.90 Å². The number of hydrogen-bond donors (Lipinski definition) is 0. The first-order valence-electron chi connectivity index (χ1n) is 4.02. The molecule has 0 fully saturated rings. The van der Waals surface area contributed by atoms with Crippen LogP contribution in [-0.2, 0) is 9.53 Å². The number of nitrogens with zero attached hydrogens (tertiary/aromatic N) is 2. The standard InChI is InChI=1S/C9H14N2O2/c1-4-13-6-5-11(9(3)12)8(2)7-10/h4,8H,1,5-6H2,2-3H3. The fourth-order valence-electron chi connectivity index (χ4n) is 0.928. The van der Waals surface area contributed by atoms with Crippen LogP contribution < -0.4 is 0 Å². The van der Waals surface area contributed by atoms with Gasteiger partial charge in [0.1, 0.15) is 12.6 Å². The molecule has 1 atom stereocenters. The van der Waals surface area contributed by atoms with E-state index in [0.29, 0.717) is 13.2 Å². The van der Waals surface area contributed by atoms with E-state index in [-0.39, 0.29) is 5.91 Å². The van der Waals surface area contributed by atoms with Gasteiger partial charge in [-0.05, 0) is 6.92 Å². The van der Waals surface area contributed by atoms with Gasteiger partial charge in [0.25, 0.3) is 0 Å². The van der Waals surface area contributed by atoms with Gasteiger partial charge in [-0.15, -0.1) is 0 Å². The van der Waals surface area contributed by atoms with Crippen LogP contribution >= 0.6 is 0 Å². The van der Waals surface area contributed by atoms with Crippen molar-refractivity contribution in [3.63, 3.8) is 0 Å². The van der Waals surface area contributed by atoms with Crippen LogP contribution in [0.5, 0.6) is 0 Å². The number of nitriles is 1. The van der Waals surface area contributed by atoms with Crippen LogP contribution in [0.3, 0.4) is 0 Å². The third-order valence-electron chi connectivity index (χ3n) is 1.63. The van der Waals surface area contributed by atoms with Crippen LogP contribution in [0.1, 0.15) is 13.8 Å². The Bertz CT molecular complexity index is 220. The summed E-state index contributed by atoms with van der Waals surface area (Å²) in [5.74, 6) is -0.123. The summed E-state index contributed by atoms with van der Waals surface area (Å²) in [5, 5.41) is 8.61. The van der Waals surface area contributed by atoms with Gasteiger partial charge >= 0.3 is 0 Å². The van der Waals surface area contributed by atoms with Gasteiger partial charge in [0.2, 0.25) is 5.91 Å². The van der Waals surface area contributed by atoms with E-state index < -0.39 is 6.04 Å². The highest BCUT2D eigenvalue weighted by molar-refractivity contribution is 5.73. The van der Waals surface area contributed by atoms with E-state index in [2.05, 4.69) is 6.58 Å². The molecule has 0 heterocycles. The Morgan fingerprint density at radius 2 is 2.46 bits per heavy atom. The Labute approximate surface area is 78.4 Å². The van der Waals surface area contributed by atoms with Gasteiger partial charge < -0.3 is 9.64 Å². The monoisotopic (exact) mass is 182 g/mol. The molecule has 0 saturated carbocycles. The maximum absolute atomic E-state index is 11.0. The summed E-state index contributed by atoms with van der Waals surface area (Å²) >= 11 is 0. The van der Waals surface area contributed by atoms with Crippen LogP contribution in [-0.4, -0.2) is 30.0 Å². The molecule has 1 amide bonds. The number of hydrogen-bond acceptors (Lipinski definition) is 3. The third kappa shape index (κ3) is 4.16. The predicted molar refractivity (Wildman–Crippen MR) is 48.6 cm³/mol. The average molecular weight is 182 g/mol. The zero-order valence-electron chi connectivity index (χ0n) is 7.99. The van der Waals surface area contributed by atoms with Gasteiger partial charge in [0.15, 0.2) is 0 Å². The molecular weight excluding hydrogens is 168 g/mol. The number of carbonyl (C=O) groups excluding carboxylic acids is 1. The molecule has 0 aromatic rings. The fourth-order valence-corrected chi connectivity index (χ4v) is 0.928. The summed E-state index contributed by atoms with van der Waals surface area (Å²) in [6, 6.07) is 1.59. The van der Waals surface area contributed by atoms with Crippen molar-refractivity contribution in [1.29, 1.82) is 5.26 Å². The molecule has 0 bridgehead atoms. The lowest BCUT2D eigenvalue weighted by atomic mass is 10.3. The third-order valence-corrected chi connectivity index (χ3v) is 1.63. The van der Waals surface area contributed by atoms with Crippen molar-refractivity contribution < 1.29 is 9.53 Å². The lowest BCUT2D eigenvalue weighted by Gasteiger charge is -2.22. The summed E-state index contributed by atoms with van der Waals surface area (Å²) in [6.45, 7) is 7.27. The minimum atomic E-state index is -0.411. The second-order valence-corrected chi connectivity index (χ2v) is 2.55. The Kier molecular flexibility index (Phi) is 5.37. The molecule has 0 aromatic heterocycles. The first-order valence-corrected chi connectivity index (χ1v) is 4.02. The number of ether oxygens (including phenoxy) is 1. The smallest absolute Gasteiger partial charge is 0.220 e. The molecule has 4 heteroatoms. The molecular formula is C9H14N2O2. The van der Waals surface area contributed by atoms with Gasteiger partial charge in [-0.1, -0.05) is 6.58 Å². The SMILES string of the molecule is C=COCCN(C(C)=O)C(C)C#N. The number of rotatable bonds is 5.